The summed E-state index contributed by atoms with van der Waals surface area (Å²) in [5.41, 5.74) is 6.66. The summed E-state index contributed by atoms with van der Waals surface area (Å²) in [4.78, 5) is 11.7. The predicted octanol–water partition coefficient (Wildman–Crippen LogP) is 3.44. The van der Waals surface area contributed by atoms with Gasteiger partial charge in [-0.25, -0.2) is 0 Å². The number of benzene rings is 2. The lowest BCUT2D eigenvalue weighted by Gasteiger charge is -2.10. The molecule has 0 aliphatic rings. The second-order valence-electron chi connectivity index (χ2n) is 4.66. The van der Waals surface area contributed by atoms with Crippen LogP contribution in [0.4, 0.5) is 13.2 Å². The normalized spacial score (nSPS) is 11.4. The molecule has 110 valence electrons. The Balaban J connectivity index is 2.25. The van der Waals surface area contributed by atoms with Gasteiger partial charge in [0.25, 0.3) is 0 Å². The van der Waals surface area contributed by atoms with E-state index in [1.807, 2.05) is 0 Å². The van der Waals surface area contributed by atoms with Gasteiger partial charge in [0.2, 0.25) is 0 Å². The highest BCUT2D eigenvalue weighted by Crippen LogP contribution is 2.29. The van der Waals surface area contributed by atoms with Crippen molar-refractivity contribution >= 4 is 5.78 Å². The molecule has 0 fully saturated rings. The van der Waals surface area contributed by atoms with Crippen LogP contribution in [0.15, 0.2) is 48.5 Å². The Morgan fingerprint density at radius 3 is 2.19 bits per heavy atom. The van der Waals surface area contributed by atoms with E-state index in [2.05, 4.69) is 0 Å². The van der Waals surface area contributed by atoms with Crippen molar-refractivity contribution in [2.75, 3.05) is 6.54 Å². The Hall–Kier alpha value is -2.14. The van der Waals surface area contributed by atoms with Gasteiger partial charge in [-0.15, -0.1) is 0 Å². The van der Waals surface area contributed by atoms with Gasteiger partial charge >= 0.3 is 6.18 Å². The summed E-state index contributed by atoms with van der Waals surface area (Å²) >= 11 is 0. The first-order chi connectivity index (χ1) is 9.91. The largest absolute Gasteiger partial charge is 0.416 e. The molecule has 0 radical (unpaired) electrons. The molecule has 2 nitrogen and oxygen atoms in total. The van der Waals surface area contributed by atoms with E-state index >= 15 is 0 Å². The molecule has 0 atom stereocenters. The maximum absolute atomic E-state index is 12.5. The SMILES string of the molecule is NCC(=O)c1ccccc1Cc1ccc(C(F)(F)F)cc1. The number of halogens is 3. The monoisotopic (exact) mass is 293 g/mol. The van der Waals surface area contributed by atoms with Crippen molar-refractivity contribution in [3.8, 4) is 0 Å². The van der Waals surface area contributed by atoms with Crippen LogP contribution in [0, 0.1) is 0 Å². The molecule has 5 heteroatoms. The van der Waals surface area contributed by atoms with Crippen LogP contribution in [0.1, 0.15) is 27.0 Å². The van der Waals surface area contributed by atoms with E-state index in [1.54, 1.807) is 24.3 Å². The van der Waals surface area contributed by atoms with Crippen LogP contribution < -0.4 is 5.73 Å². The van der Waals surface area contributed by atoms with Crippen molar-refractivity contribution in [1.29, 1.82) is 0 Å². The van der Waals surface area contributed by atoms with Gasteiger partial charge in [-0.05, 0) is 29.7 Å². The van der Waals surface area contributed by atoms with Crippen LogP contribution >= 0.6 is 0 Å². The molecule has 2 rings (SSSR count). The summed E-state index contributed by atoms with van der Waals surface area (Å²) in [5, 5.41) is 0. The van der Waals surface area contributed by atoms with E-state index in [1.165, 1.54) is 12.1 Å². The Bertz CT molecular complexity index is 633. The highest BCUT2D eigenvalue weighted by molar-refractivity contribution is 5.98. The summed E-state index contributed by atoms with van der Waals surface area (Å²) in [6.07, 6.45) is -3.95. The molecule has 0 bridgehead atoms. The number of alkyl halides is 3. The number of rotatable bonds is 4. The van der Waals surface area contributed by atoms with Crippen molar-refractivity contribution in [3.05, 3.63) is 70.8 Å². The number of hydrogen-bond donors (Lipinski definition) is 1. The lowest BCUT2D eigenvalue weighted by Crippen LogP contribution is -2.15. The second kappa shape index (κ2) is 6.10. The van der Waals surface area contributed by atoms with Crippen LogP contribution in [0.25, 0.3) is 0 Å². The number of ketones is 1. The van der Waals surface area contributed by atoms with Gasteiger partial charge in [0, 0.05) is 5.56 Å². The summed E-state index contributed by atoms with van der Waals surface area (Å²) in [6.45, 7) is -0.0932. The Labute approximate surface area is 120 Å². The zero-order chi connectivity index (χ0) is 15.5. The maximum atomic E-state index is 12.5. The van der Waals surface area contributed by atoms with E-state index in [4.69, 9.17) is 5.73 Å². The molecular weight excluding hydrogens is 279 g/mol. The van der Waals surface area contributed by atoms with Gasteiger partial charge in [-0.3, -0.25) is 4.79 Å². The minimum absolute atomic E-state index is 0.0932. The van der Waals surface area contributed by atoms with E-state index < -0.39 is 11.7 Å². The minimum atomic E-state index is -4.34. The third-order valence-electron chi connectivity index (χ3n) is 3.18. The van der Waals surface area contributed by atoms with Crippen molar-refractivity contribution in [2.24, 2.45) is 5.73 Å². The van der Waals surface area contributed by atoms with Crippen LogP contribution in [-0.2, 0) is 12.6 Å². The topological polar surface area (TPSA) is 43.1 Å². The average molecular weight is 293 g/mol. The maximum Gasteiger partial charge on any atom is 0.416 e. The molecule has 0 heterocycles. The Morgan fingerprint density at radius 1 is 1.00 bits per heavy atom. The number of Topliss-reactive ketones (excluding diaryl/α,β-unsaturated/α-hetero) is 1. The number of nitrogens with two attached hydrogens (primary N) is 1. The van der Waals surface area contributed by atoms with Gasteiger partial charge in [0.05, 0.1) is 12.1 Å². The fourth-order valence-electron chi connectivity index (χ4n) is 2.09. The second-order valence-corrected chi connectivity index (χ2v) is 4.66. The van der Waals surface area contributed by atoms with Gasteiger partial charge in [0.1, 0.15) is 0 Å². The van der Waals surface area contributed by atoms with Crippen LogP contribution in [-0.4, -0.2) is 12.3 Å². The lowest BCUT2D eigenvalue weighted by molar-refractivity contribution is -0.137. The van der Waals surface area contributed by atoms with Crippen molar-refractivity contribution in [1.82, 2.24) is 0 Å². The third kappa shape index (κ3) is 3.70. The lowest BCUT2D eigenvalue weighted by atomic mass is 9.97. The van der Waals surface area contributed by atoms with Crippen molar-refractivity contribution in [2.45, 2.75) is 12.6 Å². The fourth-order valence-corrected chi connectivity index (χ4v) is 2.09. The highest BCUT2D eigenvalue weighted by Gasteiger charge is 2.29. The van der Waals surface area contributed by atoms with E-state index in [-0.39, 0.29) is 12.3 Å². The molecule has 0 aliphatic carbocycles. The molecule has 0 amide bonds. The molecule has 2 N–H and O–H groups in total. The molecule has 0 unspecified atom stereocenters. The van der Waals surface area contributed by atoms with E-state index in [0.717, 1.165) is 17.7 Å². The summed E-state index contributed by atoms with van der Waals surface area (Å²) in [6, 6.07) is 11.9. The van der Waals surface area contributed by atoms with Crippen LogP contribution in [0.3, 0.4) is 0 Å². The molecule has 0 aliphatic heterocycles. The number of carbonyl (C=O) groups excluding carboxylic acids is 1. The van der Waals surface area contributed by atoms with Gasteiger partial charge in [-0.1, -0.05) is 36.4 Å². The molecular formula is C16H14F3NO. The first kappa shape index (κ1) is 15.3. The first-order valence-electron chi connectivity index (χ1n) is 6.39. The van der Waals surface area contributed by atoms with Crippen LogP contribution in [0.5, 0.6) is 0 Å². The summed E-state index contributed by atoms with van der Waals surface area (Å²) in [7, 11) is 0. The fraction of sp³-hybridized carbons (Fsp3) is 0.188. The summed E-state index contributed by atoms with van der Waals surface area (Å²) < 4.78 is 37.5. The van der Waals surface area contributed by atoms with Gasteiger partial charge < -0.3 is 5.73 Å². The van der Waals surface area contributed by atoms with E-state index in [9.17, 15) is 18.0 Å². The number of hydrogen-bond acceptors (Lipinski definition) is 2. The smallest absolute Gasteiger partial charge is 0.324 e. The molecule has 0 saturated heterocycles. The minimum Gasteiger partial charge on any atom is -0.324 e. The van der Waals surface area contributed by atoms with Crippen molar-refractivity contribution in [3.63, 3.8) is 0 Å². The summed E-state index contributed by atoms with van der Waals surface area (Å²) in [5.74, 6) is -0.183. The Kier molecular flexibility index (Phi) is 4.43. The van der Waals surface area contributed by atoms with E-state index in [0.29, 0.717) is 17.5 Å². The first-order valence-corrected chi connectivity index (χ1v) is 6.39. The van der Waals surface area contributed by atoms with Crippen LogP contribution in [0.2, 0.25) is 0 Å². The third-order valence-corrected chi connectivity index (χ3v) is 3.18. The molecule has 0 aromatic heterocycles. The standard InChI is InChI=1S/C16H14F3NO/c17-16(18,19)13-7-5-11(6-8-13)9-12-3-1-2-4-14(12)15(21)10-20/h1-8H,9-10,20H2. The zero-order valence-electron chi connectivity index (χ0n) is 11.2. The average Bonchev–Trinajstić information content (AvgIpc) is 2.46. The highest BCUT2D eigenvalue weighted by atomic mass is 19.4. The zero-order valence-corrected chi connectivity index (χ0v) is 11.2. The molecule has 0 saturated carbocycles. The predicted molar refractivity (Wildman–Crippen MR) is 74.1 cm³/mol. The molecule has 2 aromatic rings. The quantitative estimate of drug-likeness (QED) is 0.878. The van der Waals surface area contributed by atoms with Gasteiger partial charge in [0.15, 0.2) is 5.78 Å². The molecule has 21 heavy (non-hydrogen) atoms. The molecule has 0 spiro atoms. The Morgan fingerprint density at radius 2 is 1.62 bits per heavy atom. The van der Waals surface area contributed by atoms with Crippen molar-refractivity contribution < 1.29 is 18.0 Å². The number of carbonyl (C=O) groups is 1. The van der Waals surface area contributed by atoms with Gasteiger partial charge in [-0.2, -0.15) is 13.2 Å². The molecule has 2 aromatic carbocycles.